The smallest absolute Gasteiger partial charge is 0.251 e. The predicted molar refractivity (Wildman–Crippen MR) is 96.8 cm³/mol. The normalized spacial score (nSPS) is 13.0. The monoisotopic (exact) mass is 387 g/mol. The summed E-state index contributed by atoms with van der Waals surface area (Å²) in [5.41, 5.74) is 0.276. The summed E-state index contributed by atoms with van der Waals surface area (Å²) in [7, 11) is 0.573. The molecule has 1 amide bonds. The maximum absolute atomic E-state index is 12.4. The second-order valence-corrected chi connectivity index (χ2v) is 9.14. The van der Waals surface area contributed by atoms with E-state index < -0.39 is 9.84 Å². The van der Waals surface area contributed by atoms with E-state index in [-0.39, 0.29) is 27.4 Å². The van der Waals surface area contributed by atoms with Gasteiger partial charge < -0.3 is 10.2 Å². The van der Waals surface area contributed by atoms with E-state index in [0.29, 0.717) is 6.54 Å². The van der Waals surface area contributed by atoms with Crippen molar-refractivity contribution in [1.29, 1.82) is 0 Å². The third-order valence-corrected chi connectivity index (χ3v) is 6.21. The van der Waals surface area contributed by atoms with E-state index in [1.807, 2.05) is 31.6 Å². The van der Waals surface area contributed by atoms with Gasteiger partial charge >= 0.3 is 0 Å². The van der Waals surface area contributed by atoms with Gasteiger partial charge in [0.25, 0.3) is 5.91 Å². The van der Waals surface area contributed by atoms with Crippen LogP contribution in [0.15, 0.2) is 40.6 Å². The summed E-state index contributed by atoms with van der Waals surface area (Å²) >= 11 is 7.56. The summed E-state index contributed by atoms with van der Waals surface area (Å²) in [4.78, 5) is 14.7. The summed E-state index contributed by atoms with van der Waals surface area (Å²) in [5, 5.41) is 4.99. The Hall–Kier alpha value is -1.41. The lowest BCUT2D eigenvalue weighted by Gasteiger charge is -2.20. The van der Waals surface area contributed by atoms with Crippen LogP contribution in [-0.2, 0) is 9.84 Å². The number of carbonyl (C=O) groups excluding carboxylic acids is 1. The number of amides is 1. The van der Waals surface area contributed by atoms with Gasteiger partial charge in [-0.3, -0.25) is 4.79 Å². The van der Waals surface area contributed by atoms with Crippen molar-refractivity contribution in [3.8, 4) is 0 Å². The molecule has 0 spiro atoms. The van der Waals surface area contributed by atoms with E-state index in [9.17, 15) is 13.2 Å². The maximum atomic E-state index is 12.4. The van der Waals surface area contributed by atoms with Crippen molar-refractivity contribution in [2.45, 2.75) is 10.9 Å². The number of rotatable bonds is 6. The third kappa shape index (κ3) is 4.57. The minimum atomic E-state index is -3.48. The summed E-state index contributed by atoms with van der Waals surface area (Å²) in [6.07, 6.45) is 1.07. The molecule has 1 heterocycles. The van der Waals surface area contributed by atoms with Gasteiger partial charge in [0.1, 0.15) is 6.04 Å². The van der Waals surface area contributed by atoms with Crippen molar-refractivity contribution in [2.75, 3.05) is 26.9 Å². The highest BCUT2D eigenvalue weighted by Crippen LogP contribution is 2.22. The number of likely N-dealkylation sites (N-methyl/N-ethyl adjacent to an activating group) is 1. The summed E-state index contributed by atoms with van der Waals surface area (Å²) in [6, 6.07) is 8.43. The Morgan fingerprint density at radius 3 is 2.58 bits per heavy atom. The molecule has 0 bridgehead atoms. The summed E-state index contributed by atoms with van der Waals surface area (Å²) in [5.74, 6) is -0.320. The van der Waals surface area contributed by atoms with Crippen LogP contribution in [0.25, 0.3) is 0 Å². The van der Waals surface area contributed by atoms with Crippen LogP contribution in [0.3, 0.4) is 0 Å². The van der Waals surface area contributed by atoms with Crippen LogP contribution in [0.2, 0.25) is 5.02 Å². The molecule has 2 N–H and O–H groups in total. The van der Waals surface area contributed by atoms with E-state index >= 15 is 0 Å². The molecule has 0 unspecified atom stereocenters. The van der Waals surface area contributed by atoms with Crippen LogP contribution in [0, 0.1) is 0 Å². The molecule has 0 aliphatic heterocycles. The first-order valence-corrected chi connectivity index (χ1v) is 10.5. The number of sulfone groups is 1. The average molecular weight is 388 g/mol. The molecular formula is C16H20ClN2O3S2+. The van der Waals surface area contributed by atoms with Crippen LogP contribution in [0.5, 0.6) is 0 Å². The standard InChI is InChI=1S/C16H19ClN2O3S2/c1-19(2)13(14-5-4-8-23-14)10-18-16(20)11-6-7-12(17)15(9-11)24(3,21)22/h4-9,13H,10H2,1-3H3,(H,18,20)/p+1/t13-/m1/s1. The fraction of sp³-hybridized carbons (Fsp3) is 0.312. The molecule has 1 aromatic carbocycles. The molecule has 2 aromatic rings. The largest absolute Gasteiger partial charge is 0.346 e. The first-order valence-electron chi connectivity index (χ1n) is 7.31. The lowest BCUT2D eigenvalue weighted by atomic mass is 10.2. The van der Waals surface area contributed by atoms with Crippen molar-refractivity contribution < 1.29 is 18.1 Å². The number of carbonyl (C=O) groups is 1. The number of halogens is 1. The van der Waals surface area contributed by atoms with Crippen LogP contribution in [-0.4, -0.2) is 41.2 Å². The number of quaternary nitrogens is 1. The molecule has 2 rings (SSSR count). The molecule has 0 saturated heterocycles. The minimum Gasteiger partial charge on any atom is -0.346 e. The molecule has 1 atom stereocenters. The minimum absolute atomic E-state index is 0.0372. The summed E-state index contributed by atoms with van der Waals surface area (Å²) in [6.45, 7) is 0.457. The SMILES string of the molecule is C[NH+](C)[C@H](CNC(=O)c1ccc(Cl)c(S(C)(=O)=O)c1)c1cccs1. The van der Waals surface area contributed by atoms with Crippen molar-refractivity contribution in [3.63, 3.8) is 0 Å². The van der Waals surface area contributed by atoms with E-state index in [0.717, 1.165) is 6.26 Å². The number of nitrogens with one attached hydrogen (secondary N) is 2. The second kappa shape index (κ2) is 7.65. The number of hydrogen-bond acceptors (Lipinski definition) is 4. The second-order valence-electron chi connectivity index (χ2n) is 5.77. The molecule has 0 aliphatic carbocycles. The van der Waals surface area contributed by atoms with E-state index in [1.165, 1.54) is 28.0 Å². The van der Waals surface area contributed by atoms with E-state index in [4.69, 9.17) is 11.6 Å². The zero-order valence-electron chi connectivity index (χ0n) is 13.7. The van der Waals surface area contributed by atoms with Gasteiger partial charge in [-0.05, 0) is 29.6 Å². The highest BCUT2D eigenvalue weighted by molar-refractivity contribution is 7.90. The van der Waals surface area contributed by atoms with Crippen molar-refractivity contribution in [3.05, 3.63) is 51.2 Å². The molecule has 0 aliphatic rings. The molecule has 24 heavy (non-hydrogen) atoms. The number of hydrogen-bond donors (Lipinski definition) is 2. The Labute approximate surface area is 151 Å². The van der Waals surface area contributed by atoms with Gasteiger partial charge in [0.15, 0.2) is 9.84 Å². The van der Waals surface area contributed by atoms with Gasteiger partial charge in [-0.1, -0.05) is 17.7 Å². The lowest BCUT2D eigenvalue weighted by molar-refractivity contribution is -0.890. The molecule has 1 aromatic heterocycles. The fourth-order valence-electron chi connectivity index (χ4n) is 2.30. The first-order chi connectivity index (χ1) is 11.2. The molecule has 8 heteroatoms. The fourth-order valence-corrected chi connectivity index (χ4v) is 4.56. The molecule has 5 nitrogen and oxygen atoms in total. The van der Waals surface area contributed by atoms with Gasteiger partial charge in [0, 0.05) is 11.8 Å². The zero-order chi connectivity index (χ0) is 17.9. The Morgan fingerprint density at radius 1 is 1.33 bits per heavy atom. The Morgan fingerprint density at radius 2 is 2.04 bits per heavy atom. The maximum Gasteiger partial charge on any atom is 0.251 e. The van der Waals surface area contributed by atoms with Gasteiger partial charge in [-0.25, -0.2) is 8.42 Å². The molecule has 130 valence electrons. The van der Waals surface area contributed by atoms with Gasteiger partial charge in [0.05, 0.1) is 35.4 Å². The lowest BCUT2D eigenvalue weighted by Crippen LogP contribution is -3.06. The average Bonchev–Trinajstić information content (AvgIpc) is 3.00. The van der Waals surface area contributed by atoms with Crippen LogP contribution < -0.4 is 10.2 Å². The van der Waals surface area contributed by atoms with Crippen molar-refractivity contribution in [2.24, 2.45) is 0 Å². The molecule has 0 radical (unpaired) electrons. The number of thiophene rings is 1. The quantitative estimate of drug-likeness (QED) is 0.787. The van der Waals surface area contributed by atoms with Crippen LogP contribution >= 0.6 is 22.9 Å². The van der Waals surface area contributed by atoms with Crippen molar-refractivity contribution in [1.82, 2.24) is 5.32 Å². The van der Waals surface area contributed by atoms with Crippen LogP contribution in [0.1, 0.15) is 21.3 Å². The Balaban J connectivity index is 2.15. The van der Waals surface area contributed by atoms with E-state index in [2.05, 4.69) is 5.32 Å². The van der Waals surface area contributed by atoms with Gasteiger partial charge in [-0.15, -0.1) is 11.3 Å². The first kappa shape index (κ1) is 18.9. The predicted octanol–water partition coefficient (Wildman–Crippen LogP) is 1.42. The highest BCUT2D eigenvalue weighted by atomic mass is 35.5. The summed E-state index contributed by atoms with van der Waals surface area (Å²) < 4.78 is 23.4. The topological polar surface area (TPSA) is 67.7 Å². The van der Waals surface area contributed by atoms with Crippen molar-refractivity contribution >= 4 is 38.7 Å². The third-order valence-electron chi connectivity index (χ3n) is 3.64. The van der Waals surface area contributed by atoms with Gasteiger partial charge in [0.2, 0.25) is 0 Å². The Kier molecular flexibility index (Phi) is 6.03. The van der Waals surface area contributed by atoms with E-state index in [1.54, 1.807) is 11.3 Å². The molecule has 0 saturated carbocycles. The molecular weight excluding hydrogens is 368 g/mol. The Bertz CT molecular complexity index is 818. The van der Waals surface area contributed by atoms with Gasteiger partial charge in [-0.2, -0.15) is 0 Å². The van der Waals surface area contributed by atoms with Crippen LogP contribution in [0.4, 0.5) is 0 Å². The highest BCUT2D eigenvalue weighted by Gasteiger charge is 2.21. The molecule has 0 fully saturated rings. The zero-order valence-corrected chi connectivity index (χ0v) is 16.1. The number of benzene rings is 1.